The van der Waals surface area contributed by atoms with Crippen LogP contribution in [0.4, 0.5) is 0 Å². The number of methoxy groups -OCH3 is 1. The molecule has 7 atom stereocenters. The van der Waals surface area contributed by atoms with Gasteiger partial charge in [-0.2, -0.15) is 0 Å². The number of carbonyl (C=O) groups is 2. The summed E-state index contributed by atoms with van der Waals surface area (Å²) < 4.78 is 5.48. The van der Waals surface area contributed by atoms with Crippen molar-refractivity contribution in [1.29, 1.82) is 0 Å². The molecule has 3 nitrogen and oxygen atoms in total. The normalized spacial score (nSPS) is 49.0. The third-order valence-corrected chi connectivity index (χ3v) is 13.0. The Labute approximate surface area is 207 Å². The highest BCUT2D eigenvalue weighted by Gasteiger charge is 2.69. The van der Waals surface area contributed by atoms with Crippen LogP contribution in [0.5, 0.6) is 0 Å². The number of ketones is 1. The monoisotopic (exact) mass is 468 g/mol. The quantitative estimate of drug-likeness (QED) is 0.295. The molecular formula is C31H48O3. The maximum Gasteiger partial charge on any atom is 0.312 e. The molecule has 34 heavy (non-hydrogen) atoms. The predicted octanol–water partition coefficient (Wildman–Crippen LogP) is 7.53. The number of allylic oxidation sites excluding steroid dienone is 2. The molecular weight excluding hydrogens is 420 g/mol. The van der Waals surface area contributed by atoms with E-state index in [9.17, 15) is 9.59 Å². The summed E-state index contributed by atoms with van der Waals surface area (Å²) in [5.41, 5.74) is 1.84. The molecule has 5 aliphatic carbocycles. The summed E-state index contributed by atoms with van der Waals surface area (Å²) in [7, 11) is 1.59. The number of Topliss-reactive ketones (excluding diaryl/α,β-unsaturated/α-hetero) is 1. The fourth-order valence-corrected chi connectivity index (χ4v) is 10.6. The summed E-state index contributed by atoms with van der Waals surface area (Å²) in [6.45, 7) is 16.9. The summed E-state index contributed by atoms with van der Waals surface area (Å²) in [6, 6.07) is 0. The summed E-state index contributed by atoms with van der Waals surface area (Å²) in [6.07, 6.45) is 13.0. The second-order valence-electron chi connectivity index (χ2n) is 15.0. The van der Waals surface area contributed by atoms with Gasteiger partial charge in [0, 0.05) is 11.8 Å². The number of esters is 1. The predicted molar refractivity (Wildman–Crippen MR) is 136 cm³/mol. The average molecular weight is 469 g/mol. The highest BCUT2D eigenvalue weighted by Crippen LogP contribution is 2.75. The van der Waals surface area contributed by atoms with Crippen molar-refractivity contribution in [3.63, 3.8) is 0 Å². The molecule has 4 saturated carbocycles. The first-order valence-corrected chi connectivity index (χ1v) is 14.0. The topological polar surface area (TPSA) is 43.4 Å². The van der Waals surface area contributed by atoms with E-state index < -0.39 is 0 Å². The van der Waals surface area contributed by atoms with E-state index in [2.05, 4.69) is 54.5 Å². The Kier molecular flexibility index (Phi) is 5.22. The Morgan fingerprint density at radius 2 is 1.59 bits per heavy atom. The molecule has 2 unspecified atom stereocenters. The van der Waals surface area contributed by atoms with Gasteiger partial charge >= 0.3 is 5.97 Å². The van der Waals surface area contributed by atoms with Crippen molar-refractivity contribution < 1.29 is 14.3 Å². The number of rotatable bonds is 1. The Balaban J connectivity index is 1.60. The van der Waals surface area contributed by atoms with Crippen LogP contribution in [0.25, 0.3) is 0 Å². The van der Waals surface area contributed by atoms with Crippen LogP contribution in [-0.2, 0) is 14.3 Å². The highest BCUT2D eigenvalue weighted by atomic mass is 16.5. The molecule has 0 amide bonds. The molecule has 3 heteroatoms. The third-order valence-electron chi connectivity index (χ3n) is 13.0. The fourth-order valence-electron chi connectivity index (χ4n) is 10.6. The minimum atomic E-state index is -0.334. The van der Waals surface area contributed by atoms with Gasteiger partial charge in [0.25, 0.3) is 0 Å². The lowest BCUT2D eigenvalue weighted by Crippen LogP contribution is -2.64. The van der Waals surface area contributed by atoms with Crippen LogP contribution in [0, 0.1) is 50.2 Å². The molecule has 5 rings (SSSR count). The second-order valence-corrected chi connectivity index (χ2v) is 15.0. The first-order chi connectivity index (χ1) is 15.7. The zero-order valence-electron chi connectivity index (χ0n) is 23.1. The fraction of sp³-hybridized carbons (Fsp3) is 0.871. The van der Waals surface area contributed by atoms with E-state index in [0.29, 0.717) is 23.5 Å². The van der Waals surface area contributed by atoms with E-state index in [0.717, 1.165) is 57.8 Å². The summed E-state index contributed by atoms with van der Waals surface area (Å²) in [5, 5.41) is 0. The molecule has 0 saturated heterocycles. The van der Waals surface area contributed by atoms with Crippen LogP contribution in [-0.4, -0.2) is 18.9 Å². The second kappa shape index (κ2) is 7.22. The molecule has 5 aliphatic rings. The first kappa shape index (κ1) is 24.6. The molecule has 0 bridgehead atoms. The lowest BCUT2D eigenvalue weighted by atomic mass is 9.33. The number of carbonyl (C=O) groups excluding carboxylic acids is 2. The van der Waals surface area contributed by atoms with E-state index in [1.165, 1.54) is 6.42 Å². The van der Waals surface area contributed by atoms with Gasteiger partial charge in [-0.05, 0) is 97.2 Å². The molecule has 190 valence electrons. The van der Waals surface area contributed by atoms with Gasteiger partial charge < -0.3 is 4.74 Å². The first-order valence-electron chi connectivity index (χ1n) is 14.0. The van der Waals surface area contributed by atoms with Crippen molar-refractivity contribution in [3.05, 3.63) is 11.6 Å². The smallest absolute Gasteiger partial charge is 0.312 e. The number of ether oxygens (including phenoxy) is 1. The van der Waals surface area contributed by atoms with Crippen LogP contribution < -0.4 is 0 Å². The van der Waals surface area contributed by atoms with Gasteiger partial charge in [0.15, 0.2) is 0 Å². The molecule has 0 spiro atoms. The number of hydrogen-bond donors (Lipinski definition) is 0. The van der Waals surface area contributed by atoms with E-state index in [-0.39, 0.29) is 38.5 Å². The zero-order chi connectivity index (χ0) is 24.9. The molecule has 0 aromatic carbocycles. The van der Waals surface area contributed by atoms with Gasteiger partial charge in [0.1, 0.15) is 5.78 Å². The molecule has 0 aromatic heterocycles. The van der Waals surface area contributed by atoms with Crippen molar-refractivity contribution in [2.24, 2.45) is 50.2 Å². The van der Waals surface area contributed by atoms with Gasteiger partial charge in [0.2, 0.25) is 0 Å². The minimum Gasteiger partial charge on any atom is -0.469 e. The SMILES string of the molecule is COC(=O)[C@]12CCC(C)(C)C[C@H]1C1=CCC3[C@@]4(C)CCC(=O)C(C)(C)C4CC[C@@]3(C)[C@]1(C)CC2. The van der Waals surface area contributed by atoms with Gasteiger partial charge in [-0.1, -0.05) is 60.1 Å². The average Bonchev–Trinajstić information content (AvgIpc) is 2.76. The van der Waals surface area contributed by atoms with Crippen molar-refractivity contribution in [2.75, 3.05) is 7.11 Å². The molecule has 0 aliphatic heterocycles. The molecule has 4 fully saturated rings. The van der Waals surface area contributed by atoms with Crippen molar-refractivity contribution in [3.8, 4) is 0 Å². The summed E-state index contributed by atoms with van der Waals surface area (Å²) in [5.74, 6) is 1.88. The maximum absolute atomic E-state index is 13.3. The van der Waals surface area contributed by atoms with Crippen molar-refractivity contribution in [2.45, 2.75) is 113 Å². The van der Waals surface area contributed by atoms with Gasteiger partial charge in [-0.25, -0.2) is 0 Å². The molecule has 0 heterocycles. The van der Waals surface area contributed by atoms with Crippen molar-refractivity contribution in [1.82, 2.24) is 0 Å². The number of hydrogen-bond acceptors (Lipinski definition) is 3. The number of fused-ring (bicyclic) bond motifs is 7. The van der Waals surface area contributed by atoms with E-state index in [4.69, 9.17) is 4.74 Å². The van der Waals surface area contributed by atoms with Crippen molar-refractivity contribution >= 4 is 11.8 Å². The molecule has 0 aromatic rings. The summed E-state index contributed by atoms with van der Waals surface area (Å²) in [4.78, 5) is 26.3. The Morgan fingerprint density at radius 1 is 0.912 bits per heavy atom. The van der Waals surface area contributed by atoms with Crippen LogP contribution >= 0.6 is 0 Å². The van der Waals surface area contributed by atoms with Gasteiger partial charge in [-0.15, -0.1) is 0 Å². The minimum absolute atomic E-state index is 0.0337. The largest absolute Gasteiger partial charge is 0.469 e. The highest BCUT2D eigenvalue weighted by molar-refractivity contribution is 5.85. The lowest BCUT2D eigenvalue weighted by Gasteiger charge is -2.70. The Hall–Kier alpha value is -1.12. The van der Waals surface area contributed by atoms with Crippen LogP contribution in [0.15, 0.2) is 11.6 Å². The van der Waals surface area contributed by atoms with Crippen LogP contribution in [0.1, 0.15) is 113 Å². The zero-order valence-corrected chi connectivity index (χ0v) is 23.1. The van der Waals surface area contributed by atoms with Crippen LogP contribution in [0.3, 0.4) is 0 Å². The van der Waals surface area contributed by atoms with E-state index >= 15 is 0 Å². The van der Waals surface area contributed by atoms with Gasteiger partial charge in [0.05, 0.1) is 12.5 Å². The van der Waals surface area contributed by atoms with E-state index in [1.807, 2.05) is 0 Å². The molecule has 0 radical (unpaired) electrons. The third kappa shape index (κ3) is 2.88. The standard InChI is InChI=1S/C31H48O3/c1-26(2)15-17-31(25(33)34-8)18-16-29(6)20(21(31)19-26)9-10-23-28(5)13-12-24(32)27(3,4)22(28)11-14-30(23,29)7/h9,21-23H,10-19H2,1-8H3/t21-,22?,23?,28-,29+,30+,31-/m0/s1. The summed E-state index contributed by atoms with van der Waals surface area (Å²) >= 11 is 0. The Morgan fingerprint density at radius 3 is 2.26 bits per heavy atom. The van der Waals surface area contributed by atoms with Gasteiger partial charge in [-0.3, -0.25) is 9.59 Å². The van der Waals surface area contributed by atoms with Crippen LogP contribution in [0.2, 0.25) is 0 Å². The lowest BCUT2D eigenvalue weighted by molar-refractivity contribution is -0.190. The Bertz CT molecular complexity index is 942. The maximum atomic E-state index is 13.3. The molecule has 0 N–H and O–H groups in total. The van der Waals surface area contributed by atoms with E-state index in [1.54, 1.807) is 12.7 Å².